The van der Waals surface area contributed by atoms with E-state index in [2.05, 4.69) is 5.32 Å². The van der Waals surface area contributed by atoms with Gasteiger partial charge < -0.3 is 15.8 Å². The van der Waals surface area contributed by atoms with Crippen LogP contribution in [0, 0.1) is 0 Å². The molecule has 1 atom stereocenters. The van der Waals surface area contributed by atoms with E-state index in [-0.39, 0.29) is 0 Å². The van der Waals surface area contributed by atoms with Crippen LogP contribution in [0.2, 0.25) is 0 Å². The summed E-state index contributed by atoms with van der Waals surface area (Å²) in [6.45, 7) is 3.99. The molecule has 19 heavy (non-hydrogen) atoms. The number of hydrogen-bond acceptors (Lipinski definition) is 3. The Labute approximate surface area is 110 Å². The van der Waals surface area contributed by atoms with Gasteiger partial charge in [0, 0.05) is 29.5 Å². The van der Waals surface area contributed by atoms with Crippen LogP contribution >= 0.6 is 0 Å². The summed E-state index contributed by atoms with van der Waals surface area (Å²) in [5.41, 5.74) is 6.68. The molecule has 0 radical (unpaired) electrons. The van der Waals surface area contributed by atoms with Crippen LogP contribution in [-0.2, 0) is 0 Å². The van der Waals surface area contributed by atoms with E-state index in [1.165, 1.54) is 6.92 Å². The minimum atomic E-state index is -4.19. The Morgan fingerprint density at radius 1 is 1.32 bits per heavy atom. The molecule has 3 nitrogen and oxygen atoms in total. The van der Waals surface area contributed by atoms with Gasteiger partial charge >= 0.3 is 6.18 Å². The van der Waals surface area contributed by atoms with Crippen LogP contribution in [0.1, 0.15) is 26.7 Å². The van der Waals surface area contributed by atoms with E-state index in [1.807, 2.05) is 6.92 Å². The summed E-state index contributed by atoms with van der Waals surface area (Å²) in [6, 6.07) is 4.17. The second-order valence-electron chi connectivity index (χ2n) is 4.50. The minimum Gasteiger partial charge on any atom is -0.493 e. The van der Waals surface area contributed by atoms with Crippen LogP contribution in [0.5, 0.6) is 5.75 Å². The number of anilines is 2. The number of benzene rings is 1. The van der Waals surface area contributed by atoms with Crippen LogP contribution in [-0.4, -0.2) is 18.8 Å². The van der Waals surface area contributed by atoms with Gasteiger partial charge in [-0.3, -0.25) is 0 Å². The first-order valence-electron chi connectivity index (χ1n) is 6.17. The molecule has 3 N–H and O–H groups in total. The standard InChI is InChI=1S/C13H19F3N2O/c1-3-4-19-12-6-10(17)5-11(7-12)18-9(2)8-13(14,15)16/h5-7,9,18H,3-4,8,17H2,1-2H3. The van der Waals surface area contributed by atoms with Crippen LogP contribution in [0.3, 0.4) is 0 Å². The Morgan fingerprint density at radius 2 is 2.00 bits per heavy atom. The Kier molecular flexibility index (Phi) is 5.32. The van der Waals surface area contributed by atoms with Crippen molar-refractivity contribution in [2.24, 2.45) is 0 Å². The lowest BCUT2D eigenvalue weighted by Gasteiger charge is -2.18. The summed E-state index contributed by atoms with van der Waals surface area (Å²) >= 11 is 0. The third-order valence-corrected chi connectivity index (χ3v) is 2.35. The molecular weight excluding hydrogens is 257 g/mol. The first kappa shape index (κ1) is 15.5. The number of halogens is 3. The molecule has 108 valence electrons. The molecule has 1 aromatic rings. The molecule has 0 bridgehead atoms. The highest BCUT2D eigenvalue weighted by Gasteiger charge is 2.29. The predicted molar refractivity (Wildman–Crippen MR) is 70.4 cm³/mol. The van der Waals surface area contributed by atoms with E-state index in [1.54, 1.807) is 18.2 Å². The summed E-state index contributed by atoms with van der Waals surface area (Å²) in [6.07, 6.45) is -4.23. The Morgan fingerprint density at radius 3 is 2.58 bits per heavy atom. The summed E-state index contributed by atoms with van der Waals surface area (Å²) in [4.78, 5) is 0. The third kappa shape index (κ3) is 6.22. The van der Waals surface area contributed by atoms with Crippen molar-refractivity contribution in [1.82, 2.24) is 0 Å². The van der Waals surface area contributed by atoms with Crippen molar-refractivity contribution < 1.29 is 17.9 Å². The quantitative estimate of drug-likeness (QED) is 0.777. The zero-order valence-electron chi connectivity index (χ0n) is 11.1. The average molecular weight is 276 g/mol. The van der Waals surface area contributed by atoms with E-state index >= 15 is 0 Å². The largest absolute Gasteiger partial charge is 0.493 e. The lowest BCUT2D eigenvalue weighted by molar-refractivity contribution is -0.136. The first-order chi connectivity index (χ1) is 8.80. The van der Waals surface area contributed by atoms with Gasteiger partial charge in [-0.05, 0) is 19.4 Å². The van der Waals surface area contributed by atoms with Gasteiger partial charge in [0.2, 0.25) is 0 Å². The maximum Gasteiger partial charge on any atom is 0.391 e. The summed E-state index contributed by atoms with van der Waals surface area (Å²) in [7, 11) is 0. The molecule has 0 saturated heterocycles. The number of alkyl halides is 3. The highest BCUT2D eigenvalue weighted by atomic mass is 19.4. The van der Waals surface area contributed by atoms with Gasteiger partial charge in [0.25, 0.3) is 0 Å². The van der Waals surface area contributed by atoms with Crippen LogP contribution in [0.15, 0.2) is 18.2 Å². The first-order valence-corrected chi connectivity index (χ1v) is 6.17. The molecule has 0 spiro atoms. The minimum absolute atomic E-state index is 0.454. The van der Waals surface area contributed by atoms with Crippen molar-refractivity contribution in [2.75, 3.05) is 17.7 Å². The fourth-order valence-electron chi connectivity index (χ4n) is 1.69. The van der Waals surface area contributed by atoms with Crippen molar-refractivity contribution in [3.05, 3.63) is 18.2 Å². The van der Waals surface area contributed by atoms with Crippen molar-refractivity contribution >= 4 is 11.4 Å². The molecule has 0 fully saturated rings. The molecule has 1 unspecified atom stereocenters. The number of ether oxygens (including phenoxy) is 1. The maximum atomic E-state index is 12.2. The summed E-state index contributed by atoms with van der Waals surface area (Å²) < 4.78 is 42.2. The zero-order chi connectivity index (χ0) is 14.5. The molecule has 0 saturated carbocycles. The van der Waals surface area contributed by atoms with E-state index in [0.29, 0.717) is 23.7 Å². The van der Waals surface area contributed by atoms with E-state index in [0.717, 1.165) is 6.42 Å². The van der Waals surface area contributed by atoms with Crippen molar-refractivity contribution in [3.8, 4) is 5.75 Å². The molecular formula is C13H19F3N2O. The van der Waals surface area contributed by atoms with E-state index in [9.17, 15) is 13.2 Å². The molecule has 6 heteroatoms. The second-order valence-corrected chi connectivity index (χ2v) is 4.50. The third-order valence-electron chi connectivity index (χ3n) is 2.35. The van der Waals surface area contributed by atoms with Crippen molar-refractivity contribution in [3.63, 3.8) is 0 Å². The molecule has 1 rings (SSSR count). The molecule has 0 heterocycles. The normalized spacial score (nSPS) is 13.1. The van der Waals surface area contributed by atoms with Crippen LogP contribution in [0.25, 0.3) is 0 Å². The van der Waals surface area contributed by atoms with Gasteiger partial charge in [0.05, 0.1) is 13.0 Å². The molecule has 0 aliphatic rings. The average Bonchev–Trinajstić information content (AvgIpc) is 2.22. The van der Waals surface area contributed by atoms with Gasteiger partial charge in [-0.15, -0.1) is 0 Å². The Balaban J connectivity index is 2.69. The topological polar surface area (TPSA) is 47.3 Å². The molecule has 1 aromatic carbocycles. The van der Waals surface area contributed by atoms with E-state index < -0.39 is 18.6 Å². The Hall–Kier alpha value is -1.59. The fourth-order valence-corrected chi connectivity index (χ4v) is 1.69. The maximum absolute atomic E-state index is 12.2. The van der Waals surface area contributed by atoms with Gasteiger partial charge in [-0.2, -0.15) is 13.2 Å². The van der Waals surface area contributed by atoms with Gasteiger partial charge in [0.15, 0.2) is 0 Å². The van der Waals surface area contributed by atoms with Crippen molar-refractivity contribution in [2.45, 2.75) is 38.9 Å². The highest BCUT2D eigenvalue weighted by molar-refractivity contribution is 5.59. The SMILES string of the molecule is CCCOc1cc(N)cc(NC(C)CC(F)(F)F)c1. The zero-order valence-corrected chi connectivity index (χ0v) is 11.1. The molecule has 0 aromatic heterocycles. The summed E-state index contributed by atoms with van der Waals surface area (Å²) in [5, 5.41) is 2.78. The predicted octanol–water partition coefficient (Wildman–Crippen LogP) is 3.81. The number of nitrogens with one attached hydrogen (secondary N) is 1. The lowest BCUT2D eigenvalue weighted by Crippen LogP contribution is -2.23. The number of nitrogen functional groups attached to an aromatic ring is 1. The number of nitrogens with two attached hydrogens (primary N) is 1. The second kappa shape index (κ2) is 6.54. The van der Waals surface area contributed by atoms with Crippen LogP contribution < -0.4 is 15.8 Å². The van der Waals surface area contributed by atoms with Gasteiger partial charge in [-0.1, -0.05) is 6.92 Å². The summed E-state index contributed by atoms with van der Waals surface area (Å²) in [5.74, 6) is 0.559. The van der Waals surface area contributed by atoms with E-state index in [4.69, 9.17) is 10.5 Å². The van der Waals surface area contributed by atoms with Crippen molar-refractivity contribution in [1.29, 1.82) is 0 Å². The lowest BCUT2D eigenvalue weighted by atomic mass is 10.2. The van der Waals surface area contributed by atoms with Gasteiger partial charge in [0.1, 0.15) is 5.75 Å². The smallest absolute Gasteiger partial charge is 0.391 e. The molecule has 0 aliphatic heterocycles. The molecule has 0 amide bonds. The number of rotatable bonds is 6. The Bertz CT molecular complexity index is 407. The van der Waals surface area contributed by atoms with Gasteiger partial charge in [-0.25, -0.2) is 0 Å². The monoisotopic (exact) mass is 276 g/mol. The fraction of sp³-hybridized carbons (Fsp3) is 0.538. The highest BCUT2D eigenvalue weighted by Crippen LogP contribution is 2.26. The number of hydrogen-bond donors (Lipinski definition) is 2. The van der Waals surface area contributed by atoms with Crippen LogP contribution in [0.4, 0.5) is 24.5 Å². The molecule has 0 aliphatic carbocycles.